The van der Waals surface area contributed by atoms with Crippen molar-refractivity contribution in [1.29, 1.82) is 0 Å². The van der Waals surface area contributed by atoms with Gasteiger partial charge in [0.1, 0.15) is 5.54 Å². The van der Waals surface area contributed by atoms with Crippen LogP contribution in [0, 0.1) is 5.41 Å². The summed E-state index contributed by atoms with van der Waals surface area (Å²) in [7, 11) is 0. The Balaban J connectivity index is 4.50. The van der Waals surface area contributed by atoms with Gasteiger partial charge in [-0.2, -0.15) is 0 Å². The van der Waals surface area contributed by atoms with Crippen molar-refractivity contribution in [3.63, 3.8) is 0 Å². The second-order valence-corrected chi connectivity index (χ2v) is 4.28. The van der Waals surface area contributed by atoms with E-state index >= 15 is 0 Å². The predicted octanol–water partition coefficient (Wildman–Crippen LogP) is 0.554. The first kappa shape index (κ1) is 12.4. The van der Waals surface area contributed by atoms with Gasteiger partial charge in [-0.3, -0.25) is 4.79 Å². The van der Waals surface area contributed by atoms with Gasteiger partial charge in [0, 0.05) is 0 Å². The highest BCUT2D eigenvalue weighted by atomic mass is 16.4. The maximum atomic E-state index is 10.9. The van der Waals surface area contributed by atoms with Gasteiger partial charge in [0.05, 0.1) is 0 Å². The fourth-order valence-electron chi connectivity index (χ4n) is 1.09. The summed E-state index contributed by atoms with van der Waals surface area (Å²) in [6.45, 7) is 5.83. The van der Waals surface area contributed by atoms with E-state index in [0.717, 1.165) is 12.8 Å². The summed E-state index contributed by atoms with van der Waals surface area (Å²) in [5.74, 6) is -0.963. The number of rotatable bonds is 5. The lowest BCUT2D eigenvalue weighted by molar-refractivity contribution is -0.147. The summed E-state index contributed by atoms with van der Waals surface area (Å²) in [6.07, 6.45) is 1.52. The minimum absolute atomic E-state index is 0.432. The molecule has 4 nitrogen and oxygen atoms in total. The van der Waals surface area contributed by atoms with Crippen LogP contribution in [-0.2, 0) is 4.79 Å². The molecule has 1 atom stereocenters. The van der Waals surface area contributed by atoms with Crippen LogP contribution >= 0.6 is 0 Å². The average Bonchev–Trinajstić information content (AvgIpc) is 2.00. The molecule has 0 aliphatic rings. The summed E-state index contributed by atoms with van der Waals surface area (Å²) < 4.78 is 0. The van der Waals surface area contributed by atoms with E-state index in [-0.39, 0.29) is 0 Å². The third-order valence-corrected chi connectivity index (χ3v) is 2.86. The largest absolute Gasteiger partial charge is 0.480 e. The monoisotopic (exact) mass is 188 g/mol. The van der Waals surface area contributed by atoms with Crippen molar-refractivity contribution in [3.8, 4) is 0 Å². The van der Waals surface area contributed by atoms with E-state index in [9.17, 15) is 4.79 Å². The molecule has 0 radical (unpaired) electrons. The van der Waals surface area contributed by atoms with Crippen molar-refractivity contribution in [2.24, 2.45) is 16.9 Å². The smallest absolute Gasteiger partial charge is 0.323 e. The predicted molar refractivity (Wildman–Crippen MR) is 52.3 cm³/mol. The van der Waals surface area contributed by atoms with Gasteiger partial charge in [0.25, 0.3) is 0 Å². The number of hydrogen-bond acceptors (Lipinski definition) is 3. The molecule has 0 unspecified atom stereocenters. The normalized spacial score (nSPS) is 16.7. The Bertz CT molecular complexity index is 188. The molecule has 4 heteroatoms. The third kappa shape index (κ3) is 2.67. The summed E-state index contributed by atoms with van der Waals surface area (Å²) in [6, 6.07) is 0. The van der Waals surface area contributed by atoms with Crippen molar-refractivity contribution in [2.75, 3.05) is 6.54 Å². The first-order valence-corrected chi connectivity index (χ1v) is 4.48. The SMILES string of the molecule is CC(C)(CCCN)[C@](C)(N)C(=O)O. The molecular formula is C9H20N2O2. The van der Waals surface area contributed by atoms with Gasteiger partial charge in [-0.15, -0.1) is 0 Å². The first-order chi connectivity index (χ1) is 5.75. The summed E-state index contributed by atoms with van der Waals surface area (Å²) >= 11 is 0. The molecule has 5 N–H and O–H groups in total. The summed E-state index contributed by atoms with van der Waals surface area (Å²) in [5, 5.41) is 8.92. The molecule has 0 aromatic heterocycles. The maximum Gasteiger partial charge on any atom is 0.323 e. The fraction of sp³-hybridized carbons (Fsp3) is 0.889. The van der Waals surface area contributed by atoms with E-state index in [1.54, 1.807) is 6.92 Å². The molecule has 78 valence electrons. The molecule has 0 saturated carbocycles. The van der Waals surface area contributed by atoms with E-state index in [0.29, 0.717) is 6.54 Å². The zero-order valence-electron chi connectivity index (χ0n) is 8.63. The number of carbonyl (C=O) groups is 1. The zero-order valence-corrected chi connectivity index (χ0v) is 8.63. The van der Waals surface area contributed by atoms with Crippen LogP contribution in [0.1, 0.15) is 33.6 Å². The minimum Gasteiger partial charge on any atom is -0.480 e. The number of hydrogen-bond donors (Lipinski definition) is 3. The van der Waals surface area contributed by atoms with E-state index in [1.807, 2.05) is 13.8 Å². The van der Waals surface area contributed by atoms with Crippen LogP contribution in [0.3, 0.4) is 0 Å². The van der Waals surface area contributed by atoms with Gasteiger partial charge >= 0.3 is 5.97 Å². The number of carboxylic acids is 1. The highest BCUT2D eigenvalue weighted by Gasteiger charge is 2.43. The van der Waals surface area contributed by atoms with E-state index in [2.05, 4.69) is 0 Å². The molecule has 0 bridgehead atoms. The molecule has 0 aliphatic carbocycles. The van der Waals surface area contributed by atoms with Gasteiger partial charge < -0.3 is 16.6 Å². The van der Waals surface area contributed by atoms with Crippen LogP contribution in [0.15, 0.2) is 0 Å². The van der Waals surface area contributed by atoms with Crippen molar-refractivity contribution in [2.45, 2.75) is 39.2 Å². The Morgan fingerprint density at radius 1 is 1.38 bits per heavy atom. The molecule has 0 aromatic carbocycles. The first-order valence-electron chi connectivity index (χ1n) is 4.48. The molecule has 0 saturated heterocycles. The van der Waals surface area contributed by atoms with Crippen LogP contribution in [-0.4, -0.2) is 23.2 Å². The fourth-order valence-corrected chi connectivity index (χ4v) is 1.09. The van der Waals surface area contributed by atoms with Gasteiger partial charge in [-0.05, 0) is 31.7 Å². The third-order valence-electron chi connectivity index (χ3n) is 2.86. The Morgan fingerprint density at radius 3 is 2.15 bits per heavy atom. The highest BCUT2D eigenvalue weighted by Crippen LogP contribution is 2.33. The van der Waals surface area contributed by atoms with Gasteiger partial charge in [0.15, 0.2) is 0 Å². The lowest BCUT2D eigenvalue weighted by atomic mass is 9.71. The standard InChI is InChI=1S/C9H20N2O2/c1-8(2,5-4-6-10)9(3,11)7(12)13/h4-6,10-11H2,1-3H3,(H,12,13)/t9-/m1/s1. The Labute approximate surface area is 79.3 Å². The van der Waals surface area contributed by atoms with Crippen molar-refractivity contribution in [3.05, 3.63) is 0 Å². The van der Waals surface area contributed by atoms with Crippen LogP contribution < -0.4 is 11.5 Å². The van der Waals surface area contributed by atoms with Crippen molar-refractivity contribution < 1.29 is 9.90 Å². The second-order valence-electron chi connectivity index (χ2n) is 4.28. The Kier molecular flexibility index (Phi) is 3.88. The zero-order chi connectivity index (χ0) is 10.7. The molecule has 0 heterocycles. The Morgan fingerprint density at radius 2 is 1.85 bits per heavy atom. The van der Waals surface area contributed by atoms with E-state index in [1.165, 1.54) is 0 Å². The van der Waals surface area contributed by atoms with Gasteiger partial charge in [0.2, 0.25) is 0 Å². The molecule has 13 heavy (non-hydrogen) atoms. The Hall–Kier alpha value is -0.610. The minimum atomic E-state index is -1.19. The van der Waals surface area contributed by atoms with E-state index < -0.39 is 16.9 Å². The topological polar surface area (TPSA) is 89.3 Å². The molecule has 0 amide bonds. The van der Waals surface area contributed by atoms with Crippen LogP contribution in [0.25, 0.3) is 0 Å². The second kappa shape index (κ2) is 4.07. The average molecular weight is 188 g/mol. The van der Waals surface area contributed by atoms with Crippen LogP contribution in [0.4, 0.5) is 0 Å². The highest BCUT2D eigenvalue weighted by molar-refractivity contribution is 5.79. The number of aliphatic carboxylic acids is 1. The van der Waals surface area contributed by atoms with Crippen molar-refractivity contribution in [1.82, 2.24) is 0 Å². The number of nitrogens with two attached hydrogens (primary N) is 2. The molecule has 0 aromatic rings. The lowest BCUT2D eigenvalue weighted by Crippen LogP contribution is -2.56. The van der Waals surface area contributed by atoms with Crippen LogP contribution in [0.2, 0.25) is 0 Å². The van der Waals surface area contributed by atoms with E-state index in [4.69, 9.17) is 16.6 Å². The lowest BCUT2D eigenvalue weighted by Gasteiger charge is -2.37. The van der Waals surface area contributed by atoms with Crippen molar-refractivity contribution >= 4 is 5.97 Å². The van der Waals surface area contributed by atoms with Gasteiger partial charge in [-0.25, -0.2) is 0 Å². The molecule has 0 aliphatic heterocycles. The summed E-state index contributed by atoms with van der Waals surface area (Å²) in [4.78, 5) is 10.9. The number of carboxylic acid groups (broad SMARTS) is 1. The molecule has 0 fully saturated rings. The summed E-state index contributed by atoms with van der Waals surface area (Å²) in [5.41, 5.74) is 9.48. The quantitative estimate of drug-likeness (QED) is 0.588. The van der Waals surface area contributed by atoms with Gasteiger partial charge in [-0.1, -0.05) is 13.8 Å². The maximum absolute atomic E-state index is 10.9. The molecule has 0 rings (SSSR count). The molecule has 0 spiro atoms. The van der Waals surface area contributed by atoms with Crippen LogP contribution in [0.5, 0.6) is 0 Å². The molecular weight excluding hydrogens is 168 g/mol.